The second-order valence-electron chi connectivity index (χ2n) is 5.27. The van der Waals surface area contributed by atoms with E-state index in [0.717, 1.165) is 11.8 Å². The van der Waals surface area contributed by atoms with Crippen molar-refractivity contribution in [3.05, 3.63) is 0 Å². The van der Waals surface area contributed by atoms with Gasteiger partial charge in [0.2, 0.25) is 0 Å². The summed E-state index contributed by atoms with van der Waals surface area (Å²) in [6, 6.07) is 0. The van der Waals surface area contributed by atoms with E-state index < -0.39 is 12.5 Å². The van der Waals surface area contributed by atoms with Crippen molar-refractivity contribution in [3.8, 4) is 0 Å². The SMILES string of the molecule is O=C(CO)N/N=C/C1CCCC2CCCCC12. The lowest BCUT2D eigenvalue weighted by Crippen LogP contribution is -2.32. The third kappa shape index (κ3) is 3.28. The van der Waals surface area contributed by atoms with Gasteiger partial charge in [-0.1, -0.05) is 32.1 Å². The second-order valence-corrected chi connectivity index (χ2v) is 5.27. The Kier molecular flexibility index (Phi) is 4.54. The minimum Gasteiger partial charge on any atom is -0.386 e. The summed E-state index contributed by atoms with van der Waals surface area (Å²) in [5.74, 6) is 1.74. The van der Waals surface area contributed by atoms with Gasteiger partial charge in [0.05, 0.1) is 0 Å². The fraction of sp³-hybridized carbons (Fsp3) is 0.846. The molecule has 4 nitrogen and oxygen atoms in total. The zero-order valence-electron chi connectivity index (χ0n) is 10.3. The fourth-order valence-electron chi connectivity index (χ4n) is 3.41. The van der Waals surface area contributed by atoms with Crippen molar-refractivity contribution in [2.24, 2.45) is 22.9 Å². The van der Waals surface area contributed by atoms with Crippen molar-refractivity contribution in [2.45, 2.75) is 44.9 Å². The van der Waals surface area contributed by atoms with Crippen LogP contribution in [-0.2, 0) is 4.79 Å². The number of nitrogens with one attached hydrogen (secondary N) is 1. The maximum atomic E-state index is 10.9. The minimum atomic E-state index is -0.492. The van der Waals surface area contributed by atoms with Crippen LogP contribution in [-0.4, -0.2) is 23.8 Å². The molecule has 4 heteroatoms. The monoisotopic (exact) mass is 238 g/mol. The first-order chi connectivity index (χ1) is 8.31. The van der Waals surface area contributed by atoms with E-state index >= 15 is 0 Å². The highest BCUT2D eigenvalue weighted by Crippen LogP contribution is 2.42. The molecule has 0 spiro atoms. The van der Waals surface area contributed by atoms with Crippen LogP contribution >= 0.6 is 0 Å². The van der Waals surface area contributed by atoms with Crippen LogP contribution in [0.2, 0.25) is 0 Å². The van der Waals surface area contributed by atoms with Gasteiger partial charge in [0.1, 0.15) is 6.61 Å². The molecule has 0 aromatic carbocycles. The van der Waals surface area contributed by atoms with Crippen LogP contribution in [0.1, 0.15) is 44.9 Å². The van der Waals surface area contributed by atoms with Gasteiger partial charge in [-0.2, -0.15) is 5.10 Å². The Hall–Kier alpha value is -0.900. The molecule has 1 amide bonds. The predicted octanol–water partition coefficient (Wildman–Crippen LogP) is 1.69. The number of amides is 1. The van der Waals surface area contributed by atoms with Gasteiger partial charge in [0.15, 0.2) is 0 Å². The lowest BCUT2D eigenvalue weighted by Gasteiger charge is -2.39. The van der Waals surface area contributed by atoms with Crippen molar-refractivity contribution < 1.29 is 9.90 Å². The van der Waals surface area contributed by atoms with Crippen LogP contribution < -0.4 is 5.43 Å². The summed E-state index contributed by atoms with van der Waals surface area (Å²) in [4.78, 5) is 10.9. The first-order valence-electron chi connectivity index (χ1n) is 6.74. The van der Waals surface area contributed by atoms with E-state index in [1.165, 1.54) is 44.9 Å². The van der Waals surface area contributed by atoms with Crippen molar-refractivity contribution >= 4 is 12.1 Å². The molecule has 2 rings (SSSR count). The number of fused-ring (bicyclic) bond motifs is 1. The molecule has 0 heterocycles. The Labute approximate surface area is 102 Å². The predicted molar refractivity (Wildman–Crippen MR) is 66.5 cm³/mol. The molecule has 0 radical (unpaired) electrons. The number of aliphatic hydroxyl groups is 1. The topological polar surface area (TPSA) is 61.7 Å². The Morgan fingerprint density at radius 1 is 1.24 bits per heavy atom. The summed E-state index contributed by atoms with van der Waals surface area (Å²) in [7, 11) is 0. The molecule has 2 saturated carbocycles. The van der Waals surface area contributed by atoms with Gasteiger partial charge in [-0.25, -0.2) is 5.43 Å². The molecule has 2 fully saturated rings. The van der Waals surface area contributed by atoms with E-state index in [0.29, 0.717) is 5.92 Å². The summed E-state index contributed by atoms with van der Waals surface area (Å²) in [6.07, 6.45) is 11.2. The zero-order valence-corrected chi connectivity index (χ0v) is 10.3. The van der Waals surface area contributed by atoms with Crippen LogP contribution in [0.3, 0.4) is 0 Å². The van der Waals surface area contributed by atoms with Gasteiger partial charge < -0.3 is 5.11 Å². The number of rotatable bonds is 3. The summed E-state index contributed by atoms with van der Waals surface area (Å²) < 4.78 is 0. The van der Waals surface area contributed by atoms with Gasteiger partial charge >= 0.3 is 0 Å². The van der Waals surface area contributed by atoms with Crippen LogP contribution in [0.4, 0.5) is 0 Å². The molecule has 96 valence electrons. The third-order valence-electron chi connectivity index (χ3n) is 4.23. The fourth-order valence-corrected chi connectivity index (χ4v) is 3.41. The summed E-state index contributed by atoms with van der Waals surface area (Å²) in [5.41, 5.74) is 2.36. The van der Waals surface area contributed by atoms with E-state index in [-0.39, 0.29) is 0 Å². The maximum absolute atomic E-state index is 10.9. The Bertz CT molecular complexity index is 289. The van der Waals surface area contributed by atoms with Gasteiger partial charge in [-0.05, 0) is 30.6 Å². The standard InChI is InChI=1S/C13H22N2O2/c16-9-13(17)15-14-8-11-6-3-5-10-4-1-2-7-12(10)11/h8,10-12,16H,1-7,9H2,(H,15,17)/b14-8+. The summed E-state index contributed by atoms with van der Waals surface area (Å²) in [6.45, 7) is -0.492. The molecular weight excluding hydrogens is 216 g/mol. The highest BCUT2D eigenvalue weighted by molar-refractivity contribution is 5.77. The lowest BCUT2D eigenvalue weighted by molar-refractivity contribution is -0.123. The number of carbonyl (C=O) groups is 1. The highest BCUT2D eigenvalue weighted by atomic mass is 16.3. The van der Waals surface area contributed by atoms with Crippen molar-refractivity contribution in [2.75, 3.05) is 6.61 Å². The van der Waals surface area contributed by atoms with Crippen LogP contribution in [0.15, 0.2) is 5.10 Å². The Morgan fingerprint density at radius 3 is 2.82 bits per heavy atom. The highest BCUT2D eigenvalue weighted by Gasteiger charge is 2.33. The largest absolute Gasteiger partial charge is 0.386 e. The molecule has 3 unspecified atom stereocenters. The van der Waals surface area contributed by atoms with Crippen molar-refractivity contribution in [1.29, 1.82) is 0 Å². The Balaban J connectivity index is 1.88. The normalized spacial score (nSPS) is 33.4. The number of aliphatic hydroxyl groups excluding tert-OH is 1. The maximum Gasteiger partial charge on any atom is 0.265 e. The quantitative estimate of drug-likeness (QED) is 0.580. The molecule has 0 bridgehead atoms. The van der Waals surface area contributed by atoms with E-state index in [1.807, 2.05) is 6.21 Å². The molecule has 0 aliphatic heterocycles. The lowest BCUT2D eigenvalue weighted by atomic mass is 9.66. The number of hydrogen-bond donors (Lipinski definition) is 2. The molecule has 2 aliphatic rings. The van der Waals surface area contributed by atoms with E-state index in [4.69, 9.17) is 5.11 Å². The zero-order chi connectivity index (χ0) is 12.1. The Morgan fingerprint density at radius 2 is 2.00 bits per heavy atom. The number of hydrogen-bond acceptors (Lipinski definition) is 3. The summed E-state index contributed by atoms with van der Waals surface area (Å²) in [5, 5.41) is 12.5. The molecular formula is C13H22N2O2. The van der Waals surface area contributed by atoms with E-state index in [9.17, 15) is 4.79 Å². The van der Waals surface area contributed by atoms with Gasteiger partial charge in [-0.3, -0.25) is 4.79 Å². The molecule has 2 N–H and O–H groups in total. The minimum absolute atomic E-state index is 0.433. The molecule has 0 saturated heterocycles. The van der Waals surface area contributed by atoms with Gasteiger partial charge in [0.25, 0.3) is 5.91 Å². The van der Waals surface area contributed by atoms with Crippen LogP contribution in [0.25, 0.3) is 0 Å². The number of carbonyl (C=O) groups excluding carboxylic acids is 1. The van der Waals surface area contributed by atoms with E-state index in [1.54, 1.807) is 0 Å². The smallest absolute Gasteiger partial charge is 0.265 e. The van der Waals surface area contributed by atoms with Gasteiger partial charge in [0, 0.05) is 6.21 Å². The van der Waals surface area contributed by atoms with Crippen molar-refractivity contribution in [3.63, 3.8) is 0 Å². The van der Waals surface area contributed by atoms with Crippen LogP contribution in [0.5, 0.6) is 0 Å². The molecule has 3 atom stereocenters. The summed E-state index contributed by atoms with van der Waals surface area (Å²) >= 11 is 0. The molecule has 2 aliphatic carbocycles. The van der Waals surface area contributed by atoms with Crippen LogP contribution in [0, 0.1) is 17.8 Å². The molecule has 17 heavy (non-hydrogen) atoms. The first-order valence-corrected chi connectivity index (χ1v) is 6.74. The second kappa shape index (κ2) is 6.15. The number of nitrogens with zero attached hydrogens (tertiary/aromatic N) is 1. The molecule has 0 aromatic rings. The van der Waals surface area contributed by atoms with E-state index in [2.05, 4.69) is 10.5 Å². The number of hydrazone groups is 1. The third-order valence-corrected chi connectivity index (χ3v) is 4.23. The average molecular weight is 238 g/mol. The van der Waals surface area contributed by atoms with Gasteiger partial charge in [-0.15, -0.1) is 0 Å². The average Bonchev–Trinajstić information content (AvgIpc) is 2.39. The molecule has 0 aromatic heterocycles. The van der Waals surface area contributed by atoms with Crippen molar-refractivity contribution in [1.82, 2.24) is 5.43 Å². The first kappa shape index (κ1) is 12.6.